The van der Waals surface area contributed by atoms with E-state index >= 15 is 0 Å². The van der Waals surface area contributed by atoms with Crippen LogP contribution in [0.4, 0.5) is 0 Å². The number of halogens is 1. The van der Waals surface area contributed by atoms with Gasteiger partial charge in [-0.05, 0) is 40.2 Å². The highest BCUT2D eigenvalue weighted by atomic mass is 79.9. The number of hydrogen-bond donors (Lipinski definition) is 0. The summed E-state index contributed by atoms with van der Waals surface area (Å²) >= 11 is 3.46. The van der Waals surface area contributed by atoms with Gasteiger partial charge in [-0.2, -0.15) is 0 Å². The van der Waals surface area contributed by atoms with Crippen molar-refractivity contribution in [3.8, 4) is 5.75 Å². The highest BCUT2D eigenvalue weighted by Crippen LogP contribution is 2.16. The molecule has 4 nitrogen and oxygen atoms in total. The van der Waals surface area contributed by atoms with E-state index < -0.39 is 0 Å². The van der Waals surface area contributed by atoms with E-state index in [2.05, 4.69) is 26.1 Å². The number of benzene rings is 1. The third kappa shape index (κ3) is 2.61. The molecule has 96 valence electrons. The molecule has 0 aliphatic rings. The summed E-state index contributed by atoms with van der Waals surface area (Å²) in [6.07, 6.45) is 2.67. The molecule has 0 atom stereocenters. The van der Waals surface area contributed by atoms with Crippen molar-refractivity contribution in [2.24, 2.45) is 0 Å². The number of aromatic nitrogens is 3. The molecule has 2 aromatic heterocycles. The van der Waals surface area contributed by atoms with Crippen LogP contribution in [-0.4, -0.2) is 21.2 Å². The minimum atomic E-state index is 0.581. The maximum atomic E-state index is 5.67. The Labute approximate surface area is 119 Å². The fourth-order valence-electron chi connectivity index (χ4n) is 1.88. The van der Waals surface area contributed by atoms with E-state index in [-0.39, 0.29) is 0 Å². The summed E-state index contributed by atoms with van der Waals surface area (Å²) < 4.78 is 8.58. The normalized spacial score (nSPS) is 10.8. The molecule has 0 aliphatic carbocycles. The topological polar surface area (TPSA) is 39.4 Å². The van der Waals surface area contributed by atoms with E-state index in [1.54, 1.807) is 0 Å². The van der Waals surface area contributed by atoms with Gasteiger partial charge in [0.25, 0.3) is 0 Å². The van der Waals surface area contributed by atoms with Gasteiger partial charge in [0.15, 0.2) is 5.65 Å². The molecule has 19 heavy (non-hydrogen) atoms. The second-order valence-corrected chi connectivity index (χ2v) is 4.93. The SMILES string of the molecule is Brc1cccn2c(CCOc3ccccc3)nnc12. The standard InChI is InChI=1S/C14H12BrN3O/c15-12-7-4-9-18-13(16-17-14(12)18)8-10-19-11-5-2-1-3-6-11/h1-7,9H,8,10H2. The summed E-state index contributed by atoms with van der Waals surface area (Å²) in [5.41, 5.74) is 0.831. The lowest BCUT2D eigenvalue weighted by Crippen LogP contribution is -2.04. The van der Waals surface area contributed by atoms with E-state index in [4.69, 9.17) is 4.74 Å². The molecule has 5 heteroatoms. The molecule has 0 amide bonds. The number of rotatable bonds is 4. The molecule has 0 aliphatic heterocycles. The van der Waals surface area contributed by atoms with Crippen molar-refractivity contribution in [3.63, 3.8) is 0 Å². The number of nitrogens with zero attached hydrogens (tertiary/aromatic N) is 3. The zero-order chi connectivity index (χ0) is 13.1. The van der Waals surface area contributed by atoms with Crippen molar-refractivity contribution in [2.75, 3.05) is 6.61 Å². The maximum absolute atomic E-state index is 5.67. The van der Waals surface area contributed by atoms with Crippen molar-refractivity contribution < 1.29 is 4.74 Å². The van der Waals surface area contributed by atoms with Crippen molar-refractivity contribution in [1.29, 1.82) is 0 Å². The molecule has 3 aromatic rings. The fourth-order valence-corrected chi connectivity index (χ4v) is 2.30. The first kappa shape index (κ1) is 12.2. The van der Waals surface area contributed by atoms with Gasteiger partial charge in [-0.1, -0.05) is 18.2 Å². The third-order valence-corrected chi connectivity index (χ3v) is 3.41. The molecule has 0 bridgehead atoms. The fraction of sp³-hybridized carbons (Fsp3) is 0.143. The summed E-state index contributed by atoms with van der Waals surface area (Å²) in [5, 5.41) is 8.34. The second kappa shape index (κ2) is 5.40. The summed E-state index contributed by atoms with van der Waals surface area (Å²) in [6.45, 7) is 0.581. The van der Waals surface area contributed by atoms with Crippen LogP contribution in [0.25, 0.3) is 5.65 Å². The molecular formula is C14H12BrN3O. The number of fused-ring (bicyclic) bond motifs is 1. The van der Waals surface area contributed by atoms with Crippen LogP contribution in [-0.2, 0) is 6.42 Å². The van der Waals surface area contributed by atoms with Crippen LogP contribution in [0.3, 0.4) is 0 Å². The minimum absolute atomic E-state index is 0.581. The van der Waals surface area contributed by atoms with E-state index in [1.165, 1.54) is 0 Å². The van der Waals surface area contributed by atoms with Crippen LogP contribution in [0.1, 0.15) is 5.82 Å². The maximum Gasteiger partial charge on any atom is 0.175 e. The molecule has 0 N–H and O–H groups in total. The van der Waals surface area contributed by atoms with Crippen molar-refractivity contribution in [2.45, 2.75) is 6.42 Å². The Balaban J connectivity index is 1.71. The Morgan fingerprint density at radius 1 is 1.05 bits per heavy atom. The summed E-state index contributed by atoms with van der Waals surface area (Å²) in [6, 6.07) is 13.7. The van der Waals surface area contributed by atoms with Crippen molar-refractivity contribution in [3.05, 3.63) is 59.0 Å². The lowest BCUT2D eigenvalue weighted by Gasteiger charge is -2.04. The van der Waals surface area contributed by atoms with Gasteiger partial charge in [0.1, 0.15) is 11.6 Å². The first-order valence-corrected chi connectivity index (χ1v) is 6.80. The Hall–Kier alpha value is -1.88. The van der Waals surface area contributed by atoms with E-state index in [0.29, 0.717) is 13.0 Å². The number of ether oxygens (including phenoxy) is 1. The summed E-state index contributed by atoms with van der Waals surface area (Å²) in [5.74, 6) is 1.77. The highest BCUT2D eigenvalue weighted by Gasteiger charge is 2.07. The Morgan fingerprint density at radius 3 is 2.74 bits per heavy atom. The monoisotopic (exact) mass is 317 g/mol. The number of pyridine rings is 1. The lowest BCUT2D eigenvalue weighted by molar-refractivity contribution is 0.318. The van der Waals surface area contributed by atoms with Crippen LogP contribution in [0.5, 0.6) is 5.75 Å². The highest BCUT2D eigenvalue weighted by molar-refractivity contribution is 9.10. The molecule has 1 aromatic carbocycles. The van der Waals surface area contributed by atoms with Crippen LogP contribution in [0, 0.1) is 0 Å². The first-order chi connectivity index (χ1) is 9.34. The van der Waals surface area contributed by atoms with Gasteiger partial charge >= 0.3 is 0 Å². The predicted octanol–water partition coefficient (Wildman–Crippen LogP) is 3.11. The van der Waals surface area contributed by atoms with E-state index in [9.17, 15) is 0 Å². The average Bonchev–Trinajstić information content (AvgIpc) is 2.85. The summed E-state index contributed by atoms with van der Waals surface area (Å²) in [4.78, 5) is 0. The molecule has 0 saturated heterocycles. The second-order valence-electron chi connectivity index (χ2n) is 4.08. The third-order valence-electron chi connectivity index (χ3n) is 2.80. The molecule has 0 fully saturated rings. The quantitative estimate of drug-likeness (QED) is 0.742. The average molecular weight is 318 g/mol. The van der Waals surface area contributed by atoms with E-state index in [0.717, 1.165) is 21.7 Å². The zero-order valence-electron chi connectivity index (χ0n) is 10.2. The Morgan fingerprint density at radius 2 is 1.89 bits per heavy atom. The molecular weight excluding hydrogens is 306 g/mol. The van der Waals surface area contributed by atoms with E-state index in [1.807, 2.05) is 53.1 Å². The van der Waals surface area contributed by atoms with Crippen LogP contribution in [0.2, 0.25) is 0 Å². The van der Waals surface area contributed by atoms with Gasteiger partial charge in [-0.15, -0.1) is 10.2 Å². The molecule has 2 heterocycles. The minimum Gasteiger partial charge on any atom is -0.493 e. The largest absolute Gasteiger partial charge is 0.493 e. The smallest absolute Gasteiger partial charge is 0.175 e. The van der Waals surface area contributed by atoms with Crippen LogP contribution >= 0.6 is 15.9 Å². The predicted molar refractivity (Wildman–Crippen MR) is 76.3 cm³/mol. The van der Waals surface area contributed by atoms with Gasteiger partial charge in [-0.3, -0.25) is 4.40 Å². The molecule has 0 unspecified atom stereocenters. The molecule has 0 spiro atoms. The van der Waals surface area contributed by atoms with Gasteiger partial charge in [0.2, 0.25) is 0 Å². The van der Waals surface area contributed by atoms with Gasteiger partial charge < -0.3 is 4.74 Å². The zero-order valence-corrected chi connectivity index (χ0v) is 11.7. The van der Waals surface area contributed by atoms with Crippen LogP contribution < -0.4 is 4.74 Å². The Bertz CT molecular complexity index is 681. The van der Waals surface area contributed by atoms with Gasteiger partial charge in [0.05, 0.1) is 11.1 Å². The van der Waals surface area contributed by atoms with Gasteiger partial charge in [0, 0.05) is 12.6 Å². The molecule has 3 rings (SSSR count). The van der Waals surface area contributed by atoms with Gasteiger partial charge in [-0.25, -0.2) is 0 Å². The Kier molecular flexibility index (Phi) is 3.46. The van der Waals surface area contributed by atoms with Crippen molar-refractivity contribution >= 4 is 21.6 Å². The first-order valence-electron chi connectivity index (χ1n) is 6.00. The molecule has 0 radical (unpaired) electrons. The molecule has 0 saturated carbocycles. The lowest BCUT2D eigenvalue weighted by atomic mass is 10.3. The number of para-hydroxylation sites is 1. The summed E-state index contributed by atoms with van der Waals surface area (Å²) in [7, 11) is 0. The van der Waals surface area contributed by atoms with Crippen molar-refractivity contribution in [1.82, 2.24) is 14.6 Å². The number of hydrogen-bond acceptors (Lipinski definition) is 3. The van der Waals surface area contributed by atoms with Crippen LogP contribution in [0.15, 0.2) is 53.1 Å².